The maximum atomic E-state index is 11.9. The molecule has 0 bridgehead atoms. The molecule has 0 spiro atoms. The van der Waals surface area contributed by atoms with Crippen LogP contribution < -0.4 is 16.2 Å². The molecule has 26 heavy (non-hydrogen) atoms. The number of halogens is 1. The lowest BCUT2D eigenvalue weighted by Crippen LogP contribution is -2.30. The molecule has 2 aromatic heterocycles. The van der Waals surface area contributed by atoms with E-state index in [1.54, 1.807) is 18.2 Å². The SMILES string of the molecule is O=C(NNc1ncnc(Nc2ccc(I)cc2)c1[N+](=O)[O-])c1ccco1. The zero-order chi connectivity index (χ0) is 18.5. The number of nitrogens with zero attached hydrogens (tertiary/aromatic N) is 3. The van der Waals surface area contributed by atoms with Crippen LogP contribution in [0, 0.1) is 13.7 Å². The minimum absolute atomic E-state index is 0.0130. The van der Waals surface area contributed by atoms with E-state index < -0.39 is 16.5 Å². The largest absolute Gasteiger partial charge is 0.459 e. The summed E-state index contributed by atoms with van der Waals surface area (Å²) in [5.74, 6) is -0.736. The maximum Gasteiger partial charge on any atom is 0.355 e. The first-order valence-corrected chi connectivity index (χ1v) is 8.24. The van der Waals surface area contributed by atoms with Crippen molar-refractivity contribution in [2.45, 2.75) is 0 Å². The molecule has 132 valence electrons. The van der Waals surface area contributed by atoms with Gasteiger partial charge in [0.25, 0.3) is 0 Å². The molecular weight excluding hydrogens is 455 g/mol. The fourth-order valence-corrected chi connectivity index (χ4v) is 2.35. The van der Waals surface area contributed by atoms with Crippen LogP contribution in [-0.2, 0) is 0 Å². The Morgan fingerprint density at radius 2 is 1.88 bits per heavy atom. The molecule has 10 nitrogen and oxygen atoms in total. The minimum atomic E-state index is -0.642. The van der Waals surface area contributed by atoms with Crippen molar-refractivity contribution in [1.29, 1.82) is 0 Å². The molecule has 3 aromatic rings. The van der Waals surface area contributed by atoms with Crippen LogP contribution in [0.1, 0.15) is 10.6 Å². The monoisotopic (exact) mass is 466 g/mol. The summed E-state index contributed by atoms with van der Waals surface area (Å²) >= 11 is 2.15. The highest BCUT2D eigenvalue weighted by atomic mass is 127. The molecule has 1 amide bonds. The van der Waals surface area contributed by atoms with Crippen molar-refractivity contribution in [3.63, 3.8) is 0 Å². The van der Waals surface area contributed by atoms with Gasteiger partial charge in [0.05, 0.1) is 11.2 Å². The standard InChI is InChI=1S/C15H11IN6O4/c16-9-3-5-10(6-4-9)19-13-12(22(24)25)14(18-8-17-13)20-21-15(23)11-2-1-7-26-11/h1-8H,(H,21,23)(H2,17,18,19,20). The number of nitrogens with one attached hydrogen (secondary N) is 3. The molecule has 1 aromatic carbocycles. The summed E-state index contributed by atoms with van der Waals surface area (Å²) in [4.78, 5) is 30.4. The van der Waals surface area contributed by atoms with Gasteiger partial charge in [0.15, 0.2) is 5.76 Å². The van der Waals surface area contributed by atoms with Gasteiger partial charge in [-0.1, -0.05) is 0 Å². The number of benzene rings is 1. The minimum Gasteiger partial charge on any atom is -0.459 e. The van der Waals surface area contributed by atoms with Gasteiger partial charge >= 0.3 is 11.6 Å². The number of aromatic nitrogens is 2. The van der Waals surface area contributed by atoms with Crippen molar-refractivity contribution < 1.29 is 14.1 Å². The molecule has 0 aliphatic carbocycles. The highest BCUT2D eigenvalue weighted by Gasteiger charge is 2.24. The average Bonchev–Trinajstić information content (AvgIpc) is 3.16. The van der Waals surface area contributed by atoms with Crippen molar-refractivity contribution in [2.75, 3.05) is 10.7 Å². The summed E-state index contributed by atoms with van der Waals surface area (Å²) in [6.07, 6.45) is 2.48. The van der Waals surface area contributed by atoms with Crippen LogP contribution in [0.15, 0.2) is 53.4 Å². The summed E-state index contributed by atoms with van der Waals surface area (Å²) in [6.45, 7) is 0. The Kier molecular flexibility index (Phi) is 5.26. The van der Waals surface area contributed by atoms with E-state index in [1.807, 2.05) is 12.1 Å². The van der Waals surface area contributed by atoms with E-state index >= 15 is 0 Å². The zero-order valence-corrected chi connectivity index (χ0v) is 15.1. The van der Waals surface area contributed by atoms with Crippen molar-refractivity contribution in [2.24, 2.45) is 0 Å². The predicted octanol–water partition coefficient (Wildman–Crippen LogP) is 3.08. The molecular formula is C15H11IN6O4. The van der Waals surface area contributed by atoms with E-state index in [-0.39, 0.29) is 17.4 Å². The Labute approximate surface area is 160 Å². The lowest BCUT2D eigenvalue weighted by Gasteiger charge is -2.10. The van der Waals surface area contributed by atoms with Crippen LogP contribution in [0.5, 0.6) is 0 Å². The number of furan rings is 1. The zero-order valence-electron chi connectivity index (χ0n) is 13.0. The van der Waals surface area contributed by atoms with Gasteiger partial charge in [-0.3, -0.25) is 25.8 Å². The number of hydrogen-bond acceptors (Lipinski definition) is 8. The average molecular weight is 466 g/mol. The van der Waals surface area contributed by atoms with Crippen molar-refractivity contribution >= 4 is 51.5 Å². The smallest absolute Gasteiger partial charge is 0.355 e. The first-order chi connectivity index (χ1) is 12.5. The highest BCUT2D eigenvalue weighted by molar-refractivity contribution is 14.1. The lowest BCUT2D eigenvalue weighted by atomic mass is 10.3. The molecule has 11 heteroatoms. The Morgan fingerprint density at radius 3 is 2.54 bits per heavy atom. The Morgan fingerprint density at radius 1 is 1.15 bits per heavy atom. The number of carbonyl (C=O) groups is 1. The molecule has 0 aliphatic heterocycles. The van der Waals surface area contributed by atoms with Crippen LogP contribution in [0.4, 0.5) is 23.0 Å². The molecule has 0 unspecified atom stereocenters. The van der Waals surface area contributed by atoms with Crippen molar-refractivity contribution in [3.8, 4) is 0 Å². The summed E-state index contributed by atoms with van der Waals surface area (Å²) in [7, 11) is 0. The molecule has 3 N–H and O–H groups in total. The number of amides is 1. The number of carbonyl (C=O) groups excluding carboxylic acids is 1. The summed E-state index contributed by atoms with van der Waals surface area (Å²) in [5, 5.41) is 14.3. The Balaban J connectivity index is 1.82. The molecule has 0 radical (unpaired) electrons. The molecule has 0 atom stereocenters. The van der Waals surface area contributed by atoms with E-state index in [2.05, 4.69) is 48.7 Å². The van der Waals surface area contributed by atoms with E-state index in [4.69, 9.17) is 4.42 Å². The second-order valence-corrected chi connectivity index (χ2v) is 6.11. The van der Waals surface area contributed by atoms with Crippen molar-refractivity contribution in [3.05, 3.63) is 68.4 Å². The summed E-state index contributed by atoms with van der Waals surface area (Å²) in [6, 6.07) is 10.2. The Bertz CT molecular complexity index is 930. The van der Waals surface area contributed by atoms with Gasteiger partial charge in [-0.15, -0.1) is 0 Å². The third kappa shape index (κ3) is 4.05. The molecule has 3 rings (SSSR count). The van der Waals surface area contributed by atoms with Crippen LogP contribution in [0.3, 0.4) is 0 Å². The van der Waals surface area contributed by atoms with Crippen LogP contribution in [-0.4, -0.2) is 20.8 Å². The number of hydrazine groups is 1. The number of nitro groups is 1. The van der Waals surface area contributed by atoms with Gasteiger partial charge in [0.2, 0.25) is 11.6 Å². The van der Waals surface area contributed by atoms with E-state index in [0.29, 0.717) is 5.69 Å². The van der Waals surface area contributed by atoms with Gasteiger partial charge in [-0.2, -0.15) is 0 Å². The Hall–Kier alpha value is -3.22. The third-order valence-electron chi connectivity index (χ3n) is 3.15. The van der Waals surface area contributed by atoms with Gasteiger partial charge in [-0.05, 0) is 59.0 Å². The lowest BCUT2D eigenvalue weighted by molar-refractivity contribution is -0.383. The predicted molar refractivity (Wildman–Crippen MR) is 101 cm³/mol. The molecule has 2 heterocycles. The summed E-state index contributed by atoms with van der Waals surface area (Å²) in [5.41, 5.74) is 4.93. The van der Waals surface area contributed by atoms with Crippen LogP contribution in [0.2, 0.25) is 0 Å². The first-order valence-electron chi connectivity index (χ1n) is 7.16. The maximum absolute atomic E-state index is 11.9. The number of rotatable bonds is 6. The summed E-state index contributed by atoms with van der Waals surface area (Å²) < 4.78 is 5.96. The highest BCUT2D eigenvalue weighted by Crippen LogP contribution is 2.30. The quantitative estimate of drug-likeness (QED) is 0.287. The van der Waals surface area contributed by atoms with Crippen LogP contribution in [0.25, 0.3) is 0 Å². The fraction of sp³-hybridized carbons (Fsp3) is 0. The fourth-order valence-electron chi connectivity index (χ4n) is 1.99. The van der Waals surface area contributed by atoms with Gasteiger partial charge in [-0.25, -0.2) is 9.97 Å². The van der Waals surface area contributed by atoms with E-state index in [1.165, 1.54) is 12.3 Å². The second-order valence-electron chi connectivity index (χ2n) is 4.86. The molecule has 0 saturated heterocycles. The second kappa shape index (κ2) is 7.77. The van der Waals surface area contributed by atoms with E-state index in [0.717, 1.165) is 9.90 Å². The molecule has 0 saturated carbocycles. The van der Waals surface area contributed by atoms with E-state index in [9.17, 15) is 14.9 Å². The van der Waals surface area contributed by atoms with Crippen LogP contribution >= 0.6 is 22.6 Å². The topological polar surface area (TPSA) is 135 Å². The van der Waals surface area contributed by atoms with Gasteiger partial charge in [0.1, 0.15) is 6.33 Å². The molecule has 0 aliphatic rings. The number of anilines is 3. The normalized spacial score (nSPS) is 10.2. The van der Waals surface area contributed by atoms with Gasteiger partial charge in [0, 0.05) is 9.26 Å². The van der Waals surface area contributed by atoms with Gasteiger partial charge < -0.3 is 9.73 Å². The first kappa shape index (κ1) is 17.6. The third-order valence-corrected chi connectivity index (χ3v) is 3.87. The number of hydrogen-bond donors (Lipinski definition) is 3. The van der Waals surface area contributed by atoms with Crippen molar-refractivity contribution in [1.82, 2.24) is 15.4 Å². The molecule has 0 fully saturated rings.